The highest BCUT2D eigenvalue weighted by Gasteiger charge is 1.34. The molecule has 1 nitrogen and oxygen atoms in total. The molecule has 5 heavy (non-hydrogen) atoms. The predicted molar refractivity (Wildman–Crippen MR) is 23.8 cm³/mol. The Balaban J connectivity index is 0. The highest BCUT2D eigenvalue weighted by Crippen LogP contribution is 1.20. The monoisotopic (exact) mass is 100.0 g/mol. The van der Waals surface area contributed by atoms with E-state index in [4.69, 9.17) is 0 Å². The summed E-state index contributed by atoms with van der Waals surface area (Å²) in [6.07, 6.45) is 0. The molecule has 0 spiro atoms. The zero-order valence-corrected chi connectivity index (χ0v) is 4.82. The van der Waals surface area contributed by atoms with Crippen LogP contribution in [0, 0.1) is 0 Å². The first-order valence-electron chi connectivity index (χ1n) is 0.908. The van der Waals surface area contributed by atoms with Gasteiger partial charge in [-0.1, -0.05) is 0 Å². The first-order valence-corrected chi connectivity index (χ1v) is 1.72. The lowest BCUT2D eigenvalue weighted by atomic mass is 11.3. The molecule has 0 amide bonds. The van der Waals surface area contributed by atoms with Gasteiger partial charge < -0.3 is 4.12 Å². The van der Waals surface area contributed by atoms with Crippen molar-refractivity contribution < 1.29 is 4.12 Å². The predicted octanol–water partition coefficient (Wildman–Crippen LogP) is -0.0278. The van der Waals surface area contributed by atoms with Gasteiger partial charge >= 0.3 is 0 Å². The highest BCUT2D eigenvalue weighted by atomic mass is 28.3. The van der Waals surface area contributed by atoms with Crippen LogP contribution in [0.5, 0.6) is 0 Å². The van der Waals surface area contributed by atoms with E-state index in [2.05, 4.69) is 38.2 Å². The van der Waals surface area contributed by atoms with E-state index in [1.807, 2.05) is 0 Å². The van der Waals surface area contributed by atoms with Gasteiger partial charge in [-0.3, -0.25) is 0 Å². The molecule has 0 aliphatic rings. The van der Waals surface area contributed by atoms with Gasteiger partial charge in [-0.15, -0.1) is 13.2 Å². The quantitative estimate of drug-likeness (QED) is 0.307. The lowest BCUT2D eigenvalue weighted by molar-refractivity contribution is 0.690. The molecule has 3 heteroatoms. The van der Waals surface area contributed by atoms with Crippen molar-refractivity contribution in [3.8, 4) is 0 Å². The van der Waals surface area contributed by atoms with Crippen molar-refractivity contribution in [2.75, 3.05) is 0 Å². The molecule has 0 aliphatic carbocycles. The van der Waals surface area contributed by atoms with Crippen LogP contribution in [0.3, 0.4) is 0 Å². The van der Waals surface area contributed by atoms with Gasteiger partial charge in [0, 0.05) is 0 Å². The first kappa shape index (κ1) is 8.93. The second-order valence-corrected chi connectivity index (χ2v) is 0.919. The number of rotatable bonds is 0. The Kier molecular flexibility index (Phi) is 56.4. The van der Waals surface area contributed by atoms with E-state index in [-0.39, 0.29) is 0 Å². The SMILES string of the molecule is C=C.[Si]O[Si]. The van der Waals surface area contributed by atoms with Crippen LogP contribution in [0.2, 0.25) is 0 Å². The average molecular weight is 100 g/mol. The molecule has 0 bridgehead atoms. The van der Waals surface area contributed by atoms with Gasteiger partial charge in [0.05, 0.1) is 0 Å². The van der Waals surface area contributed by atoms with Crippen LogP contribution in [0.25, 0.3) is 0 Å². The third-order valence-corrected chi connectivity index (χ3v) is 0. The molecule has 0 aromatic heterocycles. The van der Waals surface area contributed by atoms with E-state index in [0.29, 0.717) is 0 Å². The highest BCUT2D eigenvalue weighted by molar-refractivity contribution is 6.15. The van der Waals surface area contributed by atoms with Gasteiger partial charge in [-0.25, -0.2) is 0 Å². The first-order chi connectivity index (χ1) is 2.41. The average Bonchev–Trinajstić information content (AvgIpc) is 1.46. The topological polar surface area (TPSA) is 9.23 Å². The number of hydrogen-bond donors (Lipinski definition) is 0. The van der Waals surface area contributed by atoms with Crippen molar-refractivity contribution in [1.82, 2.24) is 0 Å². The molecule has 6 radical (unpaired) electrons. The molecule has 0 N–H and O–H groups in total. The Labute approximate surface area is 39.1 Å². The van der Waals surface area contributed by atoms with Gasteiger partial charge in [0.2, 0.25) is 21.0 Å². The molecule has 0 saturated carbocycles. The van der Waals surface area contributed by atoms with Gasteiger partial charge in [0.25, 0.3) is 0 Å². The summed E-state index contributed by atoms with van der Waals surface area (Å²) in [4.78, 5) is 0. The number of hydrogen-bond acceptors (Lipinski definition) is 1. The van der Waals surface area contributed by atoms with Crippen molar-refractivity contribution in [3.05, 3.63) is 13.2 Å². The maximum absolute atomic E-state index is 3.86. The minimum Gasteiger partial charge on any atom is -0.458 e. The van der Waals surface area contributed by atoms with E-state index in [9.17, 15) is 0 Å². The van der Waals surface area contributed by atoms with Gasteiger partial charge in [0.15, 0.2) is 0 Å². The van der Waals surface area contributed by atoms with E-state index < -0.39 is 0 Å². The van der Waals surface area contributed by atoms with Crippen molar-refractivity contribution >= 4 is 21.0 Å². The maximum Gasteiger partial charge on any atom is 0.229 e. The smallest absolute Gasteiger partial charge is 0.229 e. The summed E-state index contributed by atoms with van der Waals surface area (Å²) in [6, 6.07) is 0. The second-order valence-electron chi connectivity index (χ2n) is 0.102. The van der Waals surface area contributed by atoms with Crippen molar-refractivity contribution in [2.45, 2.75) is 0 Å². The standard InChI is InChI=1S/C2H4.OSi2/c1-2;2-1-3/h1-2H2;. The molecule has 0 fully saturated rings. The molecule has 0 unspecified atom stereocenters. The Morgan fingerprint density at radius 3 is 1.20 bits per heavy atom. The Bertz CT molecular complexity index is 11.6. The molecule has 0 atom stereocenters. The summed E-state index contributed by atoms with van der Waals surface area (Å²) in [5.41, 5.74) is 0. The largest absolute Gasteiger partial charge is 0.458 e. The molecule has 0 aliphatic heterocycles. The van der Waals surface area contributed by atoms with Gasteiger partial charge in [0.1, 0.15) is 0 Å². The van der Waals surface area contributed by atoms with Crippen LogP contribution in [0.15, 0.2) is 13.2 Å². The van der Waals surface area contributed by atoms with E-state index in [1.54, 1.807) is 0 Å². The zero-order valence-electron chi connectivity index (χ0n) is 2.82. The van der Waals surface area contributed by atoms with E-state index in [0.717, 1.165) is 0 Å². The maximum atomic E-state index is 3.86. The Morgan fingerprint density at radius 2 is 1.20 bits per heavy atom. The minimum atomic E-state index is 2.60. The Hall–Kier alpha value is 0.134. The van der Waals surface area contributed by atoms with Crippen LogP contribution in [-0.2, 0) is 4.12 Å². The van der Waals surface area contributed by atoms with E-state index >= 15 is 0 Å². The molecule has 26 valence electrons. The van der Waals surface area contributed by atoms with Crippen LogP contribution in [0.1, 0.15) is 0 Å². The fourth-order valence-corrected chi connectivity index (χ4v) is 0. The van der Waals surface area contributed by atoms with Crippen molar-refractivity contribution in [3.63, 3.8) is 0 Å². The molecule has 0 rings (SSSR count). The van der Waals surface area contributed by atoms with Crippen LogP contribution >= 0.6 is 0 Å². The van der Waals surface area contributed by atoms with Gasteiger partial charge in [-0.2, -0.15) is 0 Å². The molecule has 0 aromatic carbocycles. The van der Waals surface area contributed by atoms with Crippen LogP contribution < -0.4 is 0 Å². The molecular formula is C2H4OSi2. The molecule has 0 saturated heterocycles. The van der Waals surface area contributed by atoms with Crippen molar-refractivity contribution in [2.24, 2.45) is 0 Å². The third kappa shape index (κ3) is 1050. The second kappa shape index (κ2) is 31.6. The molecule has 0 heterocycles. The molecule has 0 aromatic rings. The normalized spacial score (nSPS) is 4.40. The van der Waals surface area contributed by atoms with E-state index in [1.165, 1.54) is 0 Å². The minimum absolute atomic E-state index is 2.60. The summed E-state index contributed by atoms with van der Waals surface area (Å²) >= 11 is 0. The lowest BCUT2D eigenvalue weighted by Gasteiger charge is -1.57. The fourth-order valence-electron chi connectivity index (χ4n) is 0. The third-order valence-electron chi connectivity index (χ3n) is 0. The van der Waals surface area contributed by atoms with Crippen molar-refractivity contribution in [1.29, 1.82) is 0 Å². The summed E-state index contributed by atoms with van der Waals surface area (Å²) < 4.78 is 3.86. The summed E-state index contributed by atoms with van der Waals surface area (Å²) in [5.74, 6) is 0. The molecular weight excluding hydrogens is 96.2 g/mol. The van der Waals surface area contributed by atoms with Crippen LogP contribution in [-0.4, -0.2) is 21.0 Å². The fraction of sp³-hybridized carbons (Fsp3) is 0. The summed E-state index contributed by atoms with van der Waals surface area (Å²) in [7, 11) is 5.19. The van der Waals surface area contributed by atoms with Crippen LogP contribution in [0.4, 0.5) is 0 Å². The lowest BCUT2D eigenvalue weighted by Crippen LogP contribution is -1.65. The Morgan fingerprint density at radius 1 is 1.20 bits per heavy atom. The van der Waals surface area contributed by atoms with Gasteiger partial charge in [-0.05, 0) is 0 Å². The summed E-state index contributed by atoms with van der Waals surface area (Å²) in [5, 5.41) is 0. The summed E-state index contributed by atoms with van der Waals surface area (Å²) in [6.45, 7) is 6.00. The zero-order chi connectivity index (χ0) is 4.71.